The Morgan fingerprint density at radius 3 is 2.30 bits per heavy atom. The van der Waals surface area contributed by atoms with Gasteiger partial charge in [-0.25, -0.2) is 0 Å². The highest BCUT2D eigenvalue weighted by Crippen LogP contribution is 2.18. The number of hydrogen-bond acceptors (Lipinski definition) is 6. The average Bonchev–Trinajstić information content (AvgIpc) is 3.46. The first-order valence-corrected chi connectivity index (χ1v) is 14.0. The SMILES string of the molecule is COCCCN(CC(=O)N(Cc1ccccc1)Cc1cccn1Cc1cccc(OC)c1)C(=O)c1ccc([N+](=O)[O-])cc1. The van der Waals surface area contributed by atoms with Crippen molar-refractivity contribution < 1.29 is 24.0 Å². The van der Waals surface area contributed by atoms with Crippen LogP contribution in [0.15, 0.2) is 97.2 Å². The zero-order chi connectivity index (χ0) is 30.6. The Hall–Kier alpha value is -4.96. The van der Waals surface area contributed by atoms with Crippen molar-refractivity contribution in [2.75, 3.05) is 33.9 Å². The topological polar surface area (TPSA) is 107 Å². The maximum atomic E-state index is 13.9. The molecule has 0 radical (unpaired) electrons. The van der Waals surface area contributed by atoms with E-state index in [0.29, 0.717) is 39.2 Å². The summed E-state index contributed by atoms with van der Waals surface area (Å²) in [7, 11) is 3.22. The van der Waals surface area contributed by atoms with Crippen LogP contribution in [-0.4, -0.2) is 65.0 Å². The number of rotatable bonds is 15. The largest absolute Gasteiger partial charge is 0.497 e. The van der Waals surface area contributed by atoms with Crippen molar-refractivity contribution in [1.82, 2.24) is 14.4 Å². The third-order valence-electron chi connectivity index (χ3n) is 7.05. The first kappa shape index (κ1) is 31.0. The second-order valence-electron chi connectivity index (χ2n) is 10.1. The van der Waals surface area contributed by atoms with Crippen molar-refractivity contribution in [3.8, 4) is 5.75 Å². The lowest BCUT2D eigenvalue weighted by Gasteiger charge is -2.28. The van der Waals surface area contributed by atoms with Gasteiger partial charge in [-0.2, -0.15) is 0 Å². The van der Waals surface area contributed by atoms with E-state index in [2.05, 4.69) is 4.57 Å². The summed E-state index contributed by atoms with van der Waals surface area (Å²) in [6.07, 6.45) is 2.51. The molecule has 2 amide bonds. The summed E-state index contributed by atoms with van der Waals surface area (Å²) in [4.78, 5) is 41.2. The van der Waals surface area contributed by atoms with Crippen LogP contribution in [0.2, 0.25) is 0 Å². The number of amides is 2. The molecule has 0 unspecified atom stereocenters. The fourth-order valence-electron chi connectivity index (χ4n) is 4.77. The zero-order valence-corrected chi connectivity index (χ0v) is 24.4. The lowest BCUT2D eigenvalue weighted by Crippen LogP contribution is -2.43. The molecule has 0 N–H and O–H groups in total. The zero-order valence-electron chi connectivity index (χ0n) is 24.4. The molecule has 224 valence electrons. The van der Waals surface area contributed by atoms with Gasteiger partial charge in [-0.15, -0.1) is 0 Å². The smallest absolute Gasteiger partial charge is 0.269 e. The van der Waals surface area contributed by atoms with E-state index in [1.807, 2.05) is 72.9 Å². The van der Waals surface area contributed by atoms with Crippen molar-refractivity contribution in [2.45, 2.75) is 26.1 Å². The lowest BCUT2D eigenvalue weighted by atomic mass is 10.1. The minimum atomic E-state index is -0.514. The molecular formula is C33H36N4O6. The van der Waals surface area contributed by atoms with Crippen molar-refractivity contribution in [2.24, 2.45) is 0 Å². The highest BCUT2D eigenvalue weighted by atomic mass is 16.6. The van der Waals surface area contributed by atoms with E-state index in [1.165, 1.54) is 29.2 Å². The Kier molecular flexibility index (Phi) is 11.0. The minimum Gasteiger partial charge on any atom is -0.497 e. The number of non-ortho nitro benzene ring substituents is 1. The number of carbonyl (C=O) groups is 2. The van der Waals surface area contributed by atoms with Gasteiger partial charge in [-0.1, -0.05) is 42.5 Å². The van der Waals surface area contributed by atoms with Gasteiger partial charge >= 0.3 is 0 Å². The first-order chi connectivity index (χ1) is 20.9. The van der Waals surface area contributed by atoms with Gasteiger partial charge in [0.2, 0.25) is 5.91 Å². The molecule has 0 atom stereocenters. The van der Waals surface area contributed by atoms with Gasteiger partial charge in [0.25, 0.3) is 11.6 Å². The summed E-state index contributed by atoms with van der Waals surface area (Å²) in [5.41, 5.74) is 3.15. The maximum Gasteiger partial charge on any atom is 0.269 e. The summed E-state index contributed by atoms with van der Waals surface area (Å²) < 4.78 is 12.6. The molecule has 3 aromatic carbocycles. The Labute approximate surface area is 251 Å². The van der Waals surface area contributed by atoms with Crippen LogP contribution in [-0.2, 0) is 29.2 Å². The third-order valence-corrected chi connectivity index (χ3v) is 7.05. The van der Waals surface area contributed by atoms with Crippen LogP contribution in [0.1, 0.15) is 33.6 Å². The molecule has 0 saturated heterocycles. The number of aromatic nitrogens is 1. The van der Waals surface area contributed by atoms with E-state index in [4.69, 9.17) is 9.47 Å². The number of nitro benzene ring substituents is 1. The van der Waals surface area contributed by atoms with Crippen LogP contribution in [0.3, 0.4) is 0 Å². The van der Waals surface area contributed by atoms with Crippen molar-refractivity contribution in [3.05, 3.63) is 130 Å². The molecular weight excluding hydrogens is 548 g/mol. The van der Waals surface area contributed by atoms with Gasteiger partial charge in [0.05, 0.1) is 18.6 Å². The fraction of sp³-hybridized carbons (Fsp3) is 0.273. The van der Waals surface area contributed by atoms with E-state index in [0.717, 1.165) is 22.6 Å². The van der Waals surface area contributed by atoms with E-state index >= 15 is 0 Å². The van der Waals surface area contributed by atoms with Crippen LogP contribution in [0.4, 0.5) is 5.69 Å². The van der Waals surface area contributed by atoms with Crippen LogP contribution in [0, 0.1) is 10.1 Å². The lowest BCUT2D eigenvalue weighted by molar-refractivity contribution is -0.384. The Bertz CT molecular complexity index is 1500. The predicted octanol–water partition coefficient (Wildman–Crippen LogP) is 5.16. The summed E-state index contributed by atoms with van der Waals surface area (Å²) in [6, 6.07) is 26.9. The van der Waals surface area contributed by atoms with E-state index < -0.39 is 4.92 Å². The average molecular weight is 585 g/mol. The van der Waals surface area contributed by atoms with Crippen LogP contribution < -0.4 is 4.74 Å². The van der Waals surface area contributed by atoms with Gasteiger partial charge in [0, 0.05) is 62.9 Å². The summed E-state index contributed by atoms with van der Waals surface area (Å²) in [5.74, 6) is 0.185. The van der Waals surface area contributed by atoms with E-state index in [-0.39, 0.29) is 29.6 Å². The van der Waals surface area contributed by atoms with Gasteiger partial charge in [0.15, 0.2) is 0 Å². The van der Waals surface area contributed by atoms with E-state index in [9.17, 15) is 19.7 Å². The Morgan fingerprint density at radius 1 is 0.860 bits per heavy atom. The molecule has 0 spiro atoms. The molecule has 0 aliphatic rings. The second-order valence-corrected chi connectivity index (χ2v) is 10.1. The number of methoxy groups -OCH3 is 2. The summed E-state index contributed by atoms with van der Waals surface area (Å²) in [5, 5.41) is 11.1. The van der Waals surface area contributed by atoms with Crippen LogP contribution in [0.25, 0.3) is 0 Å². The molecule has 1 aromatic heterocycles. The van der Waals surface area contributed by atoms with E-state index in [1.54, 1.807) is 19.1 Å². The van der Waals surface area contributed by atoms with Gasteiger partial charge in [-0.3, -0.25) is 19.7 Å². The highest BCUT2D eigenvalue weighted by molar-refractivity contribution is 5.96. The maximum absolute atomic E-state index is 13.9. The molecule has 1 heterocycles. The molecule has 0 fully saturated rings. The third kappa shape index (κ3) is 8.76. The number of ether oxygens (including phenoxy) is 2. The molecule has 4 rings (SSSR count). The van der Waals surface area contributed by atoms with Crippen molar-refractivity contribution >= 4 is 17.5 Å². The monoisotopic (exact) mass is 584 g/mol. The minimum absolute atomic E-state index is 0.107. The first-order valence-electron chi connectivity index (χ1n) is 14.0. The molecule has 0 saturated carbocycles. The summed E-state index contributed by atoms with van der Waals surface area (Å²) >= 11 is 0. The number of carbonyl (C=O) groups excluding carboxylic acids is 2. The van der Waals surface area contributed by atoms with Crippen LogP contribution >= 0.6 is 0 Å². The quantitative estimate of drug-likeness (QED) is 0.109. The number of nitro groups is 1. The molecule has 0 aliphatic carbocycles. The number of nitrogens with zero attached hydrogens (tertiary/aromatic N) is 4. The fourth-order valence-corrected chi connectivity index (χ4v) is 4.77. The molecule has 0 aliphatic heterocycles. The molecule has 4 aromatic rings. The highest BCUT2D eigenvalue weighted by Gasteiger charge is 2.24. The van der Waals surface area contributed by atoms with Gasteiger partial charge in [0.1, 0.15) is 12.3 Å². The Morgan fingerprint density at radius 2 is 1.60 bits per heavy atom. The number of benzene rings is 3. The molecule has 0 bridgehead atoms. The van der Waals surface area contributed by atoms with Gasteiger partial charge in [-0.05, 0) is 53.9 Å². The predicted molar refractivity (Wildman–Crippen MR) is 163 cm³/mol. The summed E-state index contributed by atoms with van der Waals surface area (Å²) in [6.45, 7) is 1.87. The van der Waals surface area contributed by atoms with Crippen molar-refractivity contribution in [1.29, 1.82) is 0 Å². The second kappa shape index (κ2) is 15.3. The molecule has 10 nitrogen and oxygen atoms in total. The number of hydrogen-bond donors (Lipinski definition) is 0. The Balaban J connectivity index is 1.56. The van der Waals surface area contributed by atoms with Crippen molar-refractivity contribution in [3.63, 3.8) is 0 Å². The normalized spacial score (nSPS) is 10.7. The van der Waals surface area contributed by atoms with Crippen LogP contribution in [0.5, 0.6) is 5.75 Å². The molecule has 10 heteroatoms. The standard InChI is InChI=1S/C33H36N4O6/c1-42-20-8-19-35(33(39)28-14-16-29(17-15-28)37(40)41)25-32(38)36(22-26-9-4-3-5-10-26)24-30-12-7-18-34(30)23-27-11-6-13-31(21-27)43-2/h3-7,9-18,21H,8,19-20,22-25H2,1-2H3. The molecule has 43 heavy (non-hydrogen) atoms. The van der Waals surface area contributed by atoms with Gasteiger partial charge < -0.3 is 23.8 Å².